The van der Waals surface area contributed by atoms with Gasteiger partial charge in [0.05, 0.1) is 12.5 Å². The van der Waals surface area contributed by atoms with Crippen LogP contribution in [0.1, 0.15) is 32.1 Å². The third kappa shape index (κ3) is 3.46. The Hall–Kier alpha value is -0.610. The van der Waals surface area contributed by atoms with E-state index in [1.54, 1.807) is 0 Å². The summed E-state index contributed by atoms with van der Waals surface area (Å²) in [6.45, 7) is 3.28. The van der Waals surface area contributed by atoms with Crippen molar-refractivity contribution in [2.24, 2.45) is 5.92 Å². The van der Waals surface area contributed by atoms with Gasteiger partial charge in [-0.3, -0.25) is 4.79 Å². The van der Waals surface area contributed by atoms with Crippen molar-refractivity contribution in [1.29, 1.82) is 0 Å². The maximum atomic E-state index is 11.7. The standard InChI is InChI=1S/C12H22N2O2/c15-12(10-5-8-16-9-10)14-7-4-11-3-1-2-6-13-11/h10-11,13H,1-9H2,(H,14,15). The number of piperidine rings is 1. The van der Waals surface area contributed by atoms with Crippen LogP contribution in [-0.2, 0) is 9.53 Å². The lowest BCUT2D eigenvalue weighted by molar-refractivity contribution is -0.124. The summed E-state index contributed by atoms with van der Waals surface area (Å²) in [4.78, 5) is 11.7. The molecular formula is C12H22N2O2. The van der Waals surface area contributed by atoms with E-state index in [0.29, 0.717) is 12.6 Å². The maximum Gasteiger partial charge on any atom is 0.225 e. The molecule has 0 aliphatic carbocycles. The first-order chi connectivity index (χ1) is 7.86. The quantitative estimate of drug-likeness (QED) is 0.741. The van der Waals surface area contributed by atoms with E-state index in [2.05, 4.69) is 10.6 Å². The van der Waals surface area contributed by atoms with Crippen LogP contribution in [0.2, 0.25) is 0 Å². The predicted molar refractivity (Wildman–Crippen MR) is 62.2 cm³/mol. The van der Waals surface area contributed by atoms with Crippen molar-refractivity contribution in [3.63, 3.8) is 0 Å². The Morgan fingerprint density at radius 1 is 1.38 bits per heavy atom. The normalized spacial score (nSPS) is 30.2. The molecule has 1 amide bonds. The highest BCUT2D eigenvalue weighted by atomic mass is 16.5. The summed E-state index contributed by atoms with van der Waals surface area (Å²) in [6, 6.07) is 0.605. The van der Waals surface area contributed by atoms with Gasteiger partial charge in [-0.25, -0.2) is 0 Å². The first-order valence-electron chi connectivity index (χ1n) is 6.45. The molecule has 0 spiro atoms. The lowest BCUT2D eigenvalue weighted by atomic mass is 10.0. The molecular weight excluding hydrogens is 204 g/mol. The van der Waals surface area contributed by atoms with Crippen LogP contribution in [0.4, 0.5) is 0 Å². The van der Waals surface area contributed by atoms with Crippen LogP contribution in [0.3, 0.4) is 0 Å². The lowest BCUT2D eigenvalue weighted by Gasteiger charge is -2.23. The second kappa shape index (κ2) is 6.21. The Balaban J connectivity index is 1.57. The Bertz CT molecular complexity index is 221. The van der Waals surface area contributed by atoms with Crippen molar-refractivity contribution in [3.05, 3.63) is 0 Å². The molecule has 2 rings (SSSR count). The van der Waals surface area contributed by atoms with Gasteiger partial charge in [-0.15, -0.1) is 0 Å². The summed E-state index contributed by atoms with van der Waals surface area (Å²) < 4.78 is 5.20. The van der Waals surface area contributed by atoms with Crippen LogP contribution < -0.4 is 10.6 Å². The van der Waals surface area contributed by atoms with Crippen LogP contribution in [0.25, 0.3) is 0 Å². The smallest absolute Gasteiger partial charge is 0.225 e. The van der Waals surface area contributed by atoms with Crippen molar-refractivity contribution in [1.82, 2.24) is 10.6 Å². The van der Waals surface area contributed by atoms with E-state index >= 15 is 0 Å². The van der Waals surface area contributed by atoms with Crippen LogP contribution in [0, 0.1) is 5.92 Å². The topological polar surface area (TPSA) is 50.4 Å². The van der Waals surface area contributed by atoms with E-state index in [0.717, 1.165) is 32.5 Å². The monoisotopic (exact) mass is 226 g/mol. The molecule has 0 aromatic rings. The molecule has 0 radical (unpaired) electrons. The van der Waals surface area contributed by atoms with Gasteiger partial charge in [0.25, 0.3) is 0 Å². The van der Waals surface area contributed by atoms with E-state index in [9.17, 15) is 4.79 Å². The molecule has 2 aliphatic rings. The summed E-state index contributed by atoms with van der Waals surface area (Å²) in [5.41, 5.74) is 0. The molecule has 0 bridgehead atoms. The van der Waals surface area contributed by atoms with Crippen LogP contribution in [-0.4, -0.2) is 38.3 Å². The van der Waals surface area contributed by atoms with Crippen LogP contribution in [0.5, 0.6) is 0 Å². The zero-order chi connectivity index (χ0) is 11.2. The number of hydrogen-bond acceptors (Lipinski definition) is 3. The minimum atomic E-state index is 0.0966. The fraction of sp³-hybridized carbons (Fsp3) is 0.917. The summed E-state index contributed by atoms with van der Waals surface area (Å²) >= 11 is 0. The fourth-order valence-electron chi connectivity index (χ4n) is 2.43. The summed E-state index contributed by atoms with van der Waals surface area (Å²) in [6.07, 6.45) is 5.81. The van der Waals surface area contributed by atoms with Gasteiger partial charge in [-0.1, -0.05) is 6.42 Å². The van der Waals surface area contributed by atoms with Gasteiger partial charge < -0.3 is 15.4 Å². The van der Waals surface area contributed by atoms with Crippen LogP contribution in [0.15, 0.2) is 0 Å². The summed E-state index contributed by atoms with van der Waals surface area (Å²) in [5, 5.41) is 6.50. The minimum absolute atomic E-state index is 0.0966. The second-order valence-corrected chi connectivity index (χ2v) is 4.79. The van der Waals surface area contributed by atoms with Crippen molar-refractivity contribution >= 4 is 5.91 Å². The number of hydrogen-bond donors (Lipinski definition) is 2. The third-order valence-electron chi connectivity index (χ3n) is 3.50. The Labute approximate surface area is 97.1 Å². The highest BCUT2D eigenvalue weighted by Crippen LogP contribution is 2.12. The summed E-state index contributed by atoms with van der Waals surface area (Å²) in [7, 11) is 0. The zero-order valence-electron chi connectivity index (χ0n) is 9.84. The van der Waals surface area contributed by atoms with Crippen LogP contribution >= 0.6 is 0 Å². The van der Waals surface area contributed by atoms with Gasteiger partial charge in [0, 0.05) is 19.2 Å². The predicted octanol–water partition coefficient (Wildman–Crippen LogP) is 0.671. The van der Waals surface area contributed by atoms with E-state index in [-0.39, 0.29) is 11.8 Å². The molecule has 2 unspecified atom stereocenters. The average molecular weight is 226 g/mol. The highest BCUT2D eigenvalue weighted by Gasteiger charge is 2.23. The van der Waals surface area contributed by atoms with Gasteiger partial charge in [-0.2, -0.15) is 0 Å². The lowest BCUT2D eigenvalue weighted by Crippen LogP contribution is -2.38. The number of nitrogens with one attached hydrogen (secondary N) is 2. The van der Waals surface area contributed by atoms with Crippen molar-refractivity contribution < 1.29 is 9.53 Å². The fourth-order valence-corrected chi connectivity index (χ4v) is 2.43. The number of carbonyl (C=O) groups is 1. The minimum Gasteiger partial charge on any atom is -0.381 e. The number of amides is 1. The molecule has 0 aromatic carbocycles. The first kappa shape index (κ1) is 11.9. The van der Waals surface area contributed by atoms with Gasteiger partial charge >= 0.3 is 0 Å². The molecule has 4 nitrogen and oxygen atoms in total. The first-order valence-corrected chi connectivity index (χ1v) is 6.45. The SMILES string of the molecule is O=C(NCCC1CCCCN1)C1CCOC1. The molecule has 2 aliphatic heterocycles. The van der Waals surface area contributed by atoms with E-state index in [1.807, 2.05) is 0 Å². The van der Waals surface area contributed by atoms with E-state index < -0.39 is 0 Å². The van der Waals surface area contributed by atoms with Gasteiger partial charge in [0.1, 0.15) is 0 Å². The third-order valence-corrected chi connectivity index (χ3v) is 3.50. The Morgan fingerprint density at radius 2 is 2.31 bits per heavy atom. The van der Waals surface area contributed by atoms with Gasteiger partial charge in [0.15, 0.2) is 0 Å². The van der Waals surface area contributed by atoms with Gasteiger partial charge in [-0.05, 0) is 32.2 Å². The molecule has 0 aromatic heterocycles. The number of rotatable bonds is 4. The second-order valence-electron chi connectivity index (χ2n) is 4.79. The number of carbonyl (C=O) groups excluding carboxylic acids is 1. The number of ether oxygens (including phenoxy) is 1. The maximum absolute atomic E-state index is 11.7. The molecule has 2 heterocycles. The van der Waals surface area contributed by atoms with Crippen molar-refractivity contribution in [3.8, 4) is 0 Å². The van der Waals surface area contributed by atoms with E-state index in [4.69, 9.17) is 4.74 Å². The Kier molecular flexibility index (Phi) is 4.60. The largest absolute Gasteiger partial charge is 0.381 e. The summed E-state index contributed by atoms with van der Waals surface area (Å²) in [5.74, 6) is 0.271. The van der Waals surface area contributed by atoms with Crippen molar-refractivity contribution in [2.45, 2.75) is 38.1 Å². The highest BCUT2D eigenvalue weighted by molar-refractivity contribution is 5.78. The molecule has 2 atom stereocenters. The molecule has 2 saturated heterocycles. The molecule has 2 N–H and O–H groups in total. The van der Waals surface area contributed by atoms with Crippen molar-refractivity contribution in [2.75, 3.05) is 26.3 Å². The van der Waals surface area contributed by atoms with Gasteiger partial charge in [0.2, 0.25) is 5.91 Å². The Morgan fingerprint density at radius 3 is 3.00 bits per heavy atom. The molecule has 16 heavy (non-hydrogen) atoms. The molecule has 2 fully saturated rings. The molecule has 4 heteroatoms. The molecule has 92 valence electrons. The average Bonchev–Trinajstić information content (AvgIpc) is 2.84. The zero-order valence-corrected chi connectivity index (χ0v) is 9.84. The molecule has 0 saturated carbocycles. The van der Waals surface area contributed by atoms with E-state index in [1.165, 1.54) is 19.3 Å².